The van der Waals surface area contributed by atoms with Crippen LogP contribution in [0.25, 0.3) is 10.9 Å². The fourth-order valence-corrected chi connectivity index (χ4v) is 2.58. The first-order chi connectivity index (χ1) is 9.16. The van der Waals surface area contributed by atoms with Gasteiger partial charge in [0.25, 0.3) is 0 Å². The Labute approximate surface area is 119 Å². The van der Waals surface area contributed by atoms with Gasteiger partial charge in [-0.05, 0) is 28.1 Å². The number of ketones is 1. The molecule has 3 nitrogen and oxygen atoms in total. The molecule has 2 heterocycles. The molecule has 4 heteroatoms. The molecule has 0 aliphatic rings. The largest absolute Gasteiger partial charge is 0.350 e. The zero-order chi connectivity index (χ0) is 13.4. The summed E-state index contributed by atoms with van der Waals surface area (Å²) in [7, 11) is 1.94. The second kappa shape index (κ2) is 4.63. The van der Waals surface area contributed by atoms with Gasteiger partial charge >= 0.3 is 0 Å². The highest BCUT2D eigenvalue weighted by molar-refractivity contribution is 9.10. The molecule has 0 fully saturated rings. The summed E-state index contributed by atoms with van der Waals surface area (Å²) in [6.45, 7) is 0. The number of hydrogen-bond donors (Lipinski definition) is 0. The number of pyridine rings is 1. The predicted octanol–water partition coefficient (Wildman–Crippen LogP) is 3.57. The second-order valence-corrected chi connectivity index (χ2v) is 5.31. The molecule has 0 aliphatic heterocycles. The first-order valence-corrected chi connectivity index (χ1v) is 6.65. The molecular formula is C15H11BrN2O. The van der Waals surface area contributed by atoms with Crippen molar-refractivity contribution in [1.29, 1.82) is 0 Å². The third-order valence-corrected chi connectivity index (χ3v) is 3.54. The maximum atomic E-state index is 12.6. The monoisotopic (exact) mass is 314 g/mol. The van der Waals surface area contributed by atoms with E-state index in [0.717, 1.165) is 15.4 Å². The maximum Gasteiger partial charge on any atom is 0.196 e. The minimum Gasteiger partial charge on any atom is -0.350 e. The molecule has 0 radical (unpaired) electrons. The Kier molecular flexibility index (Phi) is 2.95. The van der Waals surface area contributed by atoms with Crippen LogP contribution in [0.5, 0.6) is 0 Å². The van der Waals surface area contributed by atoms with Crippen LogP contribution in [0.3, 0.4) is 0 Å². The Hall–Kier alpha value is -1.94. The van der Waals surface area contributed by atoms with Gasteiger partial charge in [-0.3, -0.25) is 9.78 Å². The van der Waals surface area contributed by atoms with Crippen LogP contribution in [0, 0.1) is 0 Å². The van der Waals surface area contributed by atoms with E-state index in [2.05, 4.69) is 20.9 Å². The Morgan fingerprint density at radius 2 is 2.05 bits per heavy atom. The summed E-state index contributed by atoms with van der Waals surface area (Å²) in [6, 6.07) is 9.67. The lowest BCUT2D eigenvalue weighted by Crippen LogP contribution is -2.01. The van der Waals surface area contributed by atoms with Crippen LogP contribution in [0.15, 0.2) is 53.4 Å². The smallest absolute Gasteiger partial charge is 0.196 e. The first kappa shape index (κ1) is 12.1. The number of aromatic nitrogens is 2. The predicted molar refractivity (Wildman–Crippen MR) is 78.3 cm³/mol. The Balaban J connectivity index is 2.17. The van der Waals surface area contributed by atoms with Crippen LogP contribution in [0.4, 0.5) is 0 Å². The number of fused-ring (bicyclic) bond motifs is 1. The molecule has 3 rings (SSSR count). The van der Waals surface area contributed by atoms with Gasteiger partial charge in [0.05, 0.1) is 0 Å². The van der Waals surface area contributed by atoms with Gasteiger partial charge in [0.2, 0.25) is 0 Å². The molecular weight excluding hydrogens is 304 g/mol. The number of nitrogens with zero attached hydrogens (tertiary/aromatic N) is 2. The number of para-hydroxylation sites is 1. The van der Waals surface area contributed by atoms with Crippen LogP contribution >= 0.6 is 15.9 Å². The lowest BCUT2D eigenvalue weighted by atomic mass is 10.0. The molecule has 94 valence electrons. The van der Waals surface area contributed by atoms with E-state index in [4.69, 9.17) is 0 Å². The molecule has 0 saturated carbocycles. The van der Waals surface area contributed by atoms with Crippen molar-refractivity contribution in [1.82, 2.24) is 9.55 Å². The highest BCUT2D eigenvalue weighted by atomic mass is 79.9. The molecule has 0 aliphatic carbocycles. The van der Waals surface area contributed by atoms with Crippen molar-refractivity contribution in [2.45, 2.75) is 0 Å². The molecule has 0 amide bonds. The van der Waals surface area contributed by atoms with Crippen molar-refractivity contribution in [3.8, 4) is 0 Å². The average molecular weight is 315 g/mol. The van der Waals surface area contributed by atoms with Crippen LogP contribution in [0.1, 0.15) is 15.9 Å². The summed E-state index contributed by atoms with van der Waals surface area (Å²) in [5.74, 6) is -0.00870. The molecule has 3 aromatic rings. The van der Waals surface area contributed by atoms with E-state index in [1.807, 2.05) is 42.1 Å². The van der Waals surface area contributed by atoms with E-state index in [-0.39, 0.29) is 5.78 Å². The Morgan fingerprint density at radius 3 is 2.84 bits per heavy atom. The molecule has 0 saturated heterocycles. The maximum absolute atomic E-state index is 12.6. The molecule has 0 N–H and O–H groups in total. The van der Waals surface area contributed by atoms with Crippen molar-refractivity contribution in [2.75, 3.05) is 0 Å². The van der Waals surface area contributed by atoms with E-state index in [1.165, 1.54) is 0 Å². The zero-order valence-electron chi connectivity index (χ0n) is 10.3. The summed E-state index contributed by atoms with van der Waals surface area (Å²) in [5, 5.41) is 0.968. The number of carbonyl (C=O) groups excluding carboxylic acids is 1. The van der Waals surface area contributed by atoms with E-state index in [0.29, 0.717) is 11.1 Å². The SMILES string of the molecule is Cn1cc(C(=O)c2cncc(Br)c2)c2ccccc21. The van der Waals surface area contributed by atoms with Crippen LogP contribution in [-0.4, -0.2) is 15.3 Å². The Morgan fingerprint density at radius 1 is 1.26 bits per heavy atom. The normalized spacial score (nSPS) is 10.8. The van der Waals surface area contributed by atoms with Crippen molar-refractivity contribution in [3.05, 3.63) is 64.5 Å². The minimum atomic E-state index is -0.00870. The van der Waals surface area contributed by atoms with Crippen molar-refractivity contribution >= 4 is 32.6 Å². The number of carbonyl (C=O) groups is 1. The lowest BCUT2D eigenvalue weighted by molar-refractivity contribution is 0.103. The van der Waals surface area contributed by atoms with E-state index in [9.17, 15) is 4.79 Å². The van der Waals surface area contributed by atoms with Gasteiger partial charge in [0.1, 0.15) is 0 Å². The van der Waals surface area contributed by atoms with Crippen LogP contribution < -0.4 is 0 Å². The third-order valence-electron chi connectivity index (χ3n) is 3.11. The lowest BCUT2D eigenvalue weighted by Gasteiger charge is -1.99. The van der Waals surface area contributed by atoms with Gasteiger partial charge in [0, 0.05) is 52.1 Å². The Bertz CT molecular complexity index is 777. The van der Waals surface area contributed by atoms with Crippen LogP contribution in [0.2, 0.25) is 0 Å². The number of aryl methyl sites for hydroxylation is 1. The van der Waals surface area contributed by atoms with Gasteiger partial charge in [-0.1, -0.05) is 18.2 Å². The van der Waals surface area contributed by atoms with Crippen LogP contribution in [-0.2, 0) is 7.05 Å². The fraction of sp³-hybridized carbons (Fsp3) is 0.0667. The van der Waals surface area contributed by atoms with Gasteiger partial charge in [-0.2, -0.15) is 0 Å². The first-order valence-electron chi connectivity index (χ1n) is 5.86. The van der Waals surface area contributed by atoms with E-state index < -0.39 is 0 Å². The summed E-state index contributed by atoms with van der Waals surface area (Å²) in [5.41, 5.74) is 2.34. The quantitative estimate of drug-likeness (QED) is 0.678. The molecule has 1 aromatic carbocycles. The standard InChI is InChI=1S/C15H11BrN2O/c1-18-9-13(12-4-2-3-5-14(12)18)15(19)10-6-11(16)8-17-7-10/h2-9H,1H3. The molecule has 2 aromatic heterocycles. The summed E-state index contributed by atoms with van der Waals surface area (Å²) < 4.78 is 2.77. The summed E-state index contributed by atoms with van der Waals surface area (Å²) >= 11 is 3.34. The summed E-state index contributed by atoms with van der Waals surface area (Å²) in [4.78, 5) is 16.6. The minimum absolute atomic E-state index is 0.00870. The number of rotatable bonds is 2. The van der Waals surface area contributed by atoms with Gasteiger partial charge in [0.15, 0.2) is 5.78 Å². The van der Waals surface area contributed by atoms with Crippen molar-refractivity contribution < 1.29 is 4.79 Å². The van der Waals surface area contributed by atoms with Gasteiger partial charge < -0.3 is 4.57 Å². The van der Waals surface area contributed by atoms with Crippen molar-refractivity contribution in [2.24, 2.45) is 7.05 Å². The van der Waals surface area contributed by atoms with E-state index >= 15 is 0 Å². The van der Waals surface area contributed by atoms with Gasteiger partial charge in [-0.15, -0.1) is 0 Å². The van der Waals surface area contributed by atoms with Crippen molar-refractivity contribution in [3.63, 3.8) is 0 Å². The second-order valence-electron chi connectivity index (χ2n) is 4.39. The highest BCUT2D eigenvalue weighted by Crippen LogP contribution is 2.23. The average Bonchev–Trinajstić information content (AvgIpc) is 2.76. The number of halogens is 1. The molecule has 0 atom stereocenters. The molecule has 0 bridgehead atoms. The van der Waals surface area contributed by atoms with Gasteiger partial charge in [-0.25, -0.2) is 0 Å². The molecule has 0 unspecified atom stereocenters. The van der Waals surface area contributed by atoms with E-state index in [1.54, 1.807) is 18.5 Å². The third kappa shape index (κ3) is 2.08. The number of benzene rings is 1. The summed E-state index contributed by atoms with van der Waals surface area (Å²) in [6.07, 6.45) is 5.13. The topological polar surface area (TPSA) is 34.9 Å². The highest BCUT2D eigenvalue weighted by Gasteiger charge is 2.15. The fourth-order valence-electron chi connectivity index (χ4n) is 2.21. The molecule has 0 spiro atoms. The zero-order valence-corrected chi connectivity index (χ0v) is 11.9. The molecule has 19 heavy (non-hydrogen) atoms. The number of hydrogen-bond acceptors (Lipinski definition) is 2.